The highest BCUT2D eigenvalue weighted by atomic mass is 16.8. The number of hydrogen-bond donors (Lipinski definition) is 0. The third-order valence-corrected chi connectivity index (χ3v) is 7.73. The summed E-state index contributed by atoms with van der Waals surface area (Å²) >= 11 is 0. The lowest BCUT2D eigenvalue weighted by Crippen LogP contribution is -2.52. The van der Waals surface area contributed by atoms with Crippen molar-refractivity contribution in [2.24, 2.45) is 28.6 Å². The maximum Gasteiger partial charge on any atom is 0.164 e. The molecule has 0 aromatic rings. The Hall–Kier alpha value is -0.0800. The number of ether oxygens (including phenoxy) is 2. The number of rotatable bonds is 0. The van der Waals surface area contributed by atoms with Crippen LogP contribution in [-0.2, 0) is 9.47 Å². The molecule has 1 aliphatic heterocycles. The van der Waals surface area contributed by atoms with Crippen molar-refractivity contribution in [2.75, 3.05) is 0 Å². The van der Waals surface area contributed by atoms with Crippen LogP contribution in [0.15, 0.2) is 0 Å². The molecule has 3 saturated carbocycles. The topological polar surface area (TPSA) is 18.5 Å². The molecule has 0 N–H and O–H groups in total. The van der Waals surface area contributed by atoms with E-state index in [4.69, 9.17) is 9.47 Å². The molecule has 0 aromatic carbocycles. The van der Waals surface area contributed by atoms with Gasteiger partial charge in [0.2, 0.25) is 0 Å². The SMILES string of the molecule is C[C@@H]1CCC2C(C)(C)[C@H]3C[C@]21CC1OC(C)(C)OC13C. The molecule has 6 atom stereocenters. The molecule has 3 unspecified atom stereocenters. The van der Waals surface area contributed by atoms with Crippen LogP contribution in [0.2, 0.25) is 0 Å². The predicted molar refractivity (Wildman–Crippen MR) is 79.3 cm³/mol. The first-order valence-electron chi connectivity index (χ1n) is 8.50. The molecule has 114 valence electrons. The fourth-order valence-electron chi connectivity index (χ4n) is 7.01. The Labute approximate surface area is 123 Å². The van der Waals surface area contributed by atoms with Gasteiger partial charge in [-0.1, -0.05) is 20.8 Å². The summed E-state index contributed by atoms with van der Waals surface area (Å²) < 4.78 is 12.8. The van der Waals surface area contributed by atoms with Crippen LogP contribution in [0.3, 0.4) is 0 Å². The Morgan fingerprint density at radius 1 is 0.900 bits per heavy atom. The van der Waals surface area contributed by atoms with Crippen LogP contribution in [0.4, 0.5) is 0 Å². The fourth-order valence-corrected chi connectivity index (χ4v) is 7.01. The zero-order valence-corrected chi connectivity index (χ0v) is 14.0. The van der Waals surface area contributed by atoms with E-state index in [1.165, 1.54) is 25.7 Å². The molecular weight excluding hydrogens is 248 g/mol. The van der Waals surface area contributed by atoms with Crippen molar-refractivity contribution in [1.82, 2.24) is 0 Å². The zero-order valence-electron chi connectivity index (χ0n) is 14.0. The van der Waals surface area contributed by atoms with E-state index in [1.807, 2.05) is 0 Å². The first-order valence-corrected chi connectivity index (χ1v) is 8.50. The lowest BCUT2D eigenvalue weighted by molar-refractivity contribution is -0.177. The smallest absolute Gasteiger partial charge is 0.164 e. The van der Waals surface area contributed by atoms with E-state index < -0.39 is 5.79 Å². The molecular formula is C18H30O2. The Balaban J connectivity index is 1.82. The van der Waals surface area contributed by atoms with Gasteiger partial charge in [-0.05, 0) is 75.0 Å². The van der Waals surface area contributed by atoms with Gasteiger partial charge >= 0.3 is 0 Å². The summed E-state index contributed by atoms with van der Waals surface area (Å²) in [5, 5.41) is 0. The average Bonchev–Trinajstić information content (AvgIpc) is 2.80. The minimum Gasteiger partial charge on any atom is -0.344 e. The van der Waals surface area contributed by atoms with E-state index in [0.717, 1.165) is 11.8 Å². The molecule has 3 aliphatic carbocycles. The van der Waals surface area contributed by atoms with Crippen LogP contribution in [0.5, 0.6) is 0 Å². The van der Waals surface area contributed by atoms with Gasteiger partial charge in [-0.3, -0.25) is 0 Å². The quantitative estimate of drug-likeness (QED) is 0.654. The molecule has 20 heavy (non-hydrogen) atoms. The summed E-state index contributed by atoms with van der Waals surface area (Å²) in [6, 6.07) is 0. The standard InChI is InChI=1S/C18H30O2/c1-11-7-8-12-15(2,3)13-9-18(11,12)10-14-17(13,6)20-16(4,5)19-14/h11-14H,7-10H2,1-6H3/t11-,12?,13-,14?,17?,18-/m1/s1. The fraction of sp³-hybridized carbons (Fsp3) is 1.00. The van der Waals surface area contributed by atoms with Crippen LogP contribution in [0, 0.1) is 28.6 Å². The summed E-state index contributed by atoms with van der Waals surface area (Å²) in [5.41, 5.74) is 0.836. The maximum absolute atomic E-state index is 6.48. The largest absolute Gasteiger partial charge is 0.344 e. The molecule has 2 nitrogen and oxygen atoms in total. The molecule has 1 spiro atoms. The summed E-state index contributed by atoms with van der Waals surface area (Å²) in [6.45, 7) is 14.0. The molecule has 1 heterocycles. The van der Waals surface area contributed by atoms with E-state index >= 15 is 0 Å². The first-order chi connectivity index (χ1) is 9.12. The van der Waals surface area contributed by atoms with Gasteiger partial charge in [-0.25, -0.2) is 0 Å². The number of fused-ring (bicyclic) bond motifs is 3. The van der Waals surface area contributed by atoms with Gasteiger partial charge in [0.05, 0.1) is 11.7 Å². The molecule has 4 rings (SSSR count). The molecule has 2 heteroatoms. The van der Waals surface area contributed by atoms with Crippen LogP contribution >= 0.6 is 0 Å². The summed E-state index contributed by atoms with van der Waals surface area (Å²) in [6.07, 6.45) is 5.70. The molecule has 0 aromatic heterocycles. The molecule has 0 amide bonds. The van der Waals surface area contributed by atoms with Crippen molar-refractivity contribution in [3.8, 4) is 0 Å². The van der Waals surface area contributed by atoms with Crippen molar-refractivity contribution in [3.63, 3.8) is 0 Å². The Bertz CT molecular complexity index is 454. The van der Waals surface area contributed by atoms with Gasteiger partial charge in [0.1, 0.15) is 0 Å². The van der Waals surface area contributed by atoms with Gasteiger partial charge in [-0.2, -0.15) is 0 Å². The zero-order chi connectivity index (χ0) is 14.6. The van der Waals surface area contributed by atoms with Crippen LogP contribution < -0.4 is 0 Å². The normalized spacial score (nSPS) is 58.5. The van der Waals surface area contributed by atoms with Gasteiger partial charge in [-0.15, -0.1) is 0 Å². The Morgan fingerprint density at radius 2 is 1.60 bits per heavy atom. The molecule has 4 aliphatic rings. The Morgan fingerprint density at radius 3 is 2.30 bits per heavy atom. The van der Waals surface area contributed by atoms with E-state index in [2.05, 4.69) is 41.5 Å². The van der Waals surface area contributed by atoms with Crippen LogP contribution in [0.25, 0.3) is 0 Å². The van der Waals surface area contributed by atoms with Crippen molar-refractivity contribution >= 4 is 0 Å². The summed E-state index contributed by atoms with van der Waals surface area (Å²) in [4.78, 5) is 0. The highest BCUT2D eigenvalue weighted by Crippen LogP contribution is 2.75. The van der Waals surface area contributed by atoms with Gasteiger partial charge in [0.15, 0.2) is 5.79 Å². The summed E-state index contributed by atoms with van der Waals surface area (Å²) in [7, 11) is 0. The Kier molecular flexibility index (Phi) is 2.35. The number of hydrogen-bond acceptors (Lipinski definition) is 2. The van der Waals surface area contributed by atoms with E-state index in [0.29, 0.717) is 22.9 Å². The van der Waals surface area contributed by atoms with Gasteiger partial charge in [0, 0.05) is 0 Å². The van der Waals surface area contributed by atoms with Crippen molar-refractivity contribution in [2.45, 2.75) is 84.7 Å². The second-order valence-corrected chi connectivity index (χ2v) is 9.34. The first kappa shape index (κ1) is 13.6. The van der Waals surface area contributed by atoms with E-state index in [-0.39, 0.29) is 5.60 Å². The van der Waals surface area contributed by atoms with E-state index in [9.17, 15) is 0 Å². The maximum atomic E-state index is 6.48. The van der Waals surface area contributed by atoms with Crippen LogP contribution in [0.1, 0.15) is 67.2 Å². The van der Waals surface area contributed by atoms with Crippen molar-refractivity contribution < 1.29 is 9.47 Å². The average molecular weight is 278 g/mol. The molecule has 1 saturated heterocycles. The molecule has 2 bridgehead atoms. The highest BCUT2D eigenvalue weighted by molar-refractivity contribution is 5.21. The third-order valence-electron chi connectivity index (χ3n) is 7.73. The molecule has 4 fully saturated rings. The van der Waals surface area contributed by atoms with Gasteiger partial charge in [0.25, 0.3) is 0 Å². The van der Waals surface area contributed by atoms with Gasteiger partial charge < -0.3 is 9.47 Å². The lowest BCUT2D eigenvalue weighted by Gasteiger charge is -2.47. The minimum absolute atomic E-state index is 0.0810. The molecule has 0 radical (unpaired) electrons. The summed E-state index contributed by atoms with van der Waals surface area (Å²) in [5.74, 6) is 1.96. The van der Waals surface area contributed by atoms with Crippen LogP contribution in [-0.4, -0.2) is 17.5 Å². The monoisotopic (exact) mass is 278 g/mol. The second-order valence-electron chi connectivity index (χ2n) is 9.34. The minimum atomic E-state index is -0.409. The second kappa shape index (κ2) is 3.46. The highest BCUT2D eigenvalue weighted by Gasteiger charge is 2.73. The van der Waals surface area contributed by atoms with Crippen molar-refractivity contribution in [3.05, 3.63) is 0 Å². The lowest BCUT2D eigenvalue weighted by atomic mass is 9.63. The third kappa shape index (κ3) is 1.34. The van der Waals surface area contributed by atoms with Crippen molar-refractivity contribution in [1.29, 1.82) is 0 Å². The predicted octanol–water partition coefficient (Wildman–Crippen LogP) is 4.38. The van der Waals surface area contributed by atoms with E-state index in [1.54, 1.807) is 0 Å².